The second kappa shape index (κ2) is 10.6. The second-order valence-electron chi connectivity index (χ2n) is 5.41. The molecule has 1 fully saturated rings. The van der Waals surface area contributed by atoms with Crippen LogP contribution >= 0.6 is 0 Å². The van der Waals surface area contributed by atoms with Crippen LogP contribution in [0.1, 0.15) is 26.7 Å². The van der Waals surface area contributed by atoms with E-state index < -0.39 is 0 Å². The largest absolute Gasteiger partial charge is 0.379 e. The van der Waals surface area contributed by atoms with Crippen LogP contribution in [0.2, 0.25) is 0 Å². The average molecular weight is 296 g/mol. The zero-order valence-electron chi connectivity index (χ0n) is 13.9. The van der Waals surface area contributed by atoms with Gasteiger partial charge in [0.25, 0.3) is 0 Å². The smallest absolute Gasteiger partial charge is 0.191 e. The van der Waals surface area contributed by atoms with Crippen molar-refractivity contribution >= 4 is 5.96 Å². The van der Waals surface area contributed by atoms with E-state index in [0.29, 0.717) is 12.0 Å². The molecule has 2 N–H and O–H groups in total. The first kappa shape index (κ1) is 18.0. The molecule has 122 valence electrons. The molecule has 0 bridgehead atoms. The number of morpholine rings is 1. The van der Waals surface area contributed by atoms with Crippen LogP contribution in [-0.4, -0.2) is 63.3 Å². The maximum atomic E-state index is 5.49. The van der Waals surface area contributed by atoms with Crippen molar-refractivity contribution in [3.05, 3.63) is 12.7 Å². The molecular formula is C16H32N4O. The van der Waals surface area contributed by atoms with Gasteiger partial charge < -0.3 is 15.4 Å². The maximum absolute atomic E-state index is 5.49. The van der Waals surface area contributed by atoms with Gasteiger partial charge in [-0.05, 0) is 5.92 Å². The third-order valence-corrected chi connectivity index (χ3v) is 4.22. The van der Waals surface area contributed by atoms with Crippen LogP contribution in [0.5, 0.6) is 0 Å². The lowest BCUT2D eigenvalue weighted by molar-refractivity contribution is 0.00272. The van der Waals surface area contributed by atoms with Crippen LogP contribution in [0.3, 0.4) is 0 Å². The number of guanidine groups is 1. The van der Waals surface area contributed by atoms with E-state index in [9.17, 15) is 0 Å². The van der Waals surface area contributed by atoms with Gasteiger partial charge in [0.15, 0.2) is 5.96 Å². The zero-order valence-corrected chi connectivity index (χ0v) is 13.9. The SMILES string of the molecule is C=CCNC(=NC)NCC(C(CC)CC)N1CCOCC1. The zero-order chi connectivity index (χ0) is 15.5. The van der Waals surface area contributed by atoms with Crippen LogP contribution in [0.25, 0.3) is 0 Å². The topological polar surface area (TPSA) is 48.9 Å². The van der Waals surface area contributed by atoms with Crippen LogP contribution < -0.4 is 10.6 Å². The molecule has 1 heterocycles. The summed E-state index contributed by atoms with van der Waals surface area (Å²) in [5, 5.41) is 6.69. The van der Waals surface area contributed by atoms with E-state index in [4.69, 9.17) is 4.74 Å². The predicted octanol–water partition coefficient (Wildman–Crippen LogP) is 1.47. The number of nitrogens with one attached hydrogen (secondary N) is 2. The van der Waals surface area contributed by atoms with E-state index in [0.717, 1.165) is 45.4 Å². The van der Waals surface area contributed by atoms with Gasteiger partial charge in [-0.2, -0.15) is 0 Å². The third kappa shape index (κ3) is 6.06. The molecule has 21 heavy (non-hydrogen) atoms. The molecule has 5 heteroatoms. The molecule has 0 aromatic rings. The highest BCUT2D eigenvalue weighted by Crippen LogP contribution is 2.19. The number of aliphatic imine (C=N–C) groups is 1. The molecule has 0 aromatic heterocycles. The first-order chi connectivity index (χ1) is 10.3. The van der Waals surface area contributed by atoms with Gasteiger partial charge in [0.05, 0.1) is 13.2 Å². The minimum atomic E-state index is 0.534. The second-order valence-corrected chi connectivity index (χ2v) is 5.41. The van der Waals surface area contributed by atoms with Crippen LogP contribution in [0.15, 0.2) is 17.6 Å². The van der Waals surface area contributed by atoms with Crippen LogP contribution in [0, 0.1) is 5.92 Å². The van der Waals surface area contributed by atoms with Gasteiger partial charge in [-0.3, -0.25) is 9.89 Å². The molecule has 0 radical (unpaired) electrons. The summed E-state index contributed by atoms with van der Waals surface area (Å²) in [6, 6.07) is 0.534. The average Bonchev–Trinajstić information content (AvgIpc) is 2.54. The van der Waals surface area contributed by atoms with E-state index in [1.807, 2.05) is 6.08 Å². The summed E-state index contributed by atoms with van der Waals surface area (Å²) in [4.78, 5) is 6.82. The summed E-state index contributed by atoms with van der Waals surface area (Å²) in [5.41, 5.74) is 0. The Balaban J connectivity index is 2.60. The number of hydrogen-bond acceptors (Lipinski definition) is 3. The van der Waals surface area contributed by atoms with Gasteiger partial charge in [-0.15, -0.1) is 6.58 Å². The molecule has 1 atom stereocenters. The van der Waals surface area contributed by atoms with Crippen molar-refractivity contribution in [2.45, 2.75) is 32.7 Å². The summed E-state index contributed by atoms with van der Waals surface area (Å²) in [5.74, 6) is 1.55. The number of nitrogens with zero attached hydrogens (tertiary/aromatic N) is 2. The van der Waals surface area contributed by atoms with Crippen molar-refractivity contribution < 1.29 is 4.74 Å². The Morgan fingerprint density at radius 3 is 2.48 bits per heavy atom. The van der Waals surface area contributed by atoms with Gasteiger partial charge in [0, 0.05) is 39.3 Å². The normalized spacial score (nSPS) is 18.6. The van der Waals surface area contributed by atoms with Crippen molar-refractivity contribution in [2.75, 3.05) is 46.4 Å². The van der Waals surface area contributed by atoms with E-state index >= 15 is 0 Å². The van der Waals surface area contributed by atoms with Gasteiger partial charge in [0.2, 0.25) is 0 Å². The standard InChI is InChI=1S/C16H32N4O/c1-5-8-18-16(17-4)19-13-15(14(6-2)7-3)20-9-11-21-12-10-20/h5,14-15H,1,6-13H2,2-4H3,(H2,17,18,19). The van der Waals surface area contributed by atoms with E-state index in [-0.39, 0.29) is 0 Å². The molecule has 0 spiro atoms. The van der Waals surface area contributed by atoms with Crippen molar-refractivity contribution in [3.63, 3.8) is 0 Å². The Labute approximate surface area is 129 Å². The quantitative estimate of drug-likeness (QED) is 0.405. The van der Waals surface area contributed by atoms with Crippen molar-refractivity contribution in [1.82, 2.24) is 15.5 Å². The highest BCUT2D eigenvalue weighted by Gasteiger charge is 2.26. The van der Waals surface area contributed by atoms with Gasteiger partial charge >= 0.3 is 0 Å². The molecule has 0 saturated carbocycles. The lowest BCUT2D eigenvalue weighted by Crippen LogP contribution is -2.53. The summed E-state index contributed by atoms with van der Waals surface area (Å²) in [7, 11) is 1.80. The summed E-state index contributed by atoms with van der Waals surface area (Å²) >= 11 is 0. The fraction of sp³-hybridized carbons (Fsp3) is 0.812. The fourth-order valence-electron chi connectivity index (χ4n) is 2.93. The third-order valence-electron chi connectivity index (χ3n) is 4.22. The Morgan fingerprint density at radius 1 is 1.29 bits per heavy atom. The van der Waals surface area contributed by atoms with Crippen molar-refractivity contribution in [3.8, 4) is 0 Å². The Morgan fingerprint density at radius 2 is 1.95 bits per heavy atom. The molecule has 0 amide bonds. The molecule has 0 aromatic carbocycles. The number of ether oxygens (including phenoxy) is 1. The van der Waals surface area contributed by atoms with Gasteiger partial charge in [-0.25, -0.2) is 0 Å². The lowest BCUT2D eigenvalue weighted by atomic mass is 9.92. The Hall–Kier alpha value is -1.07. The van der Waals surface area contributed by atoms with Crippen LogP contribution in [0.4, 0.5) is 0 Å². The minimum Gasteiger partial charge on any atom is -0.379 e. The van der Waals surface area contributed by atoms with Gasteiger partial charge in [0.1, 0.15) is 0 Å². The minimum absolute atomic E-state index is 0.534. The molecule has 1 saturated heterocycles. The number of hydrogen-bond donors (Lipinski definition) is 2. The Bertz CT molecular complexity index is 309. The summed E-state index contributed by atoms with van der Waals surface area (Å²) in [6.45, 7) is 13.7. The molecule has 0 aliphatic carbocycles. The first-order valence-electron chi connectivity index (χ1n) is 8.13. The summed E-state index contributed by atoms with van der Waals surface area (Å²) < 4.78 is 5.49. The molecule has 1 unspecified atom stereocenters. The first-order valence-corrected chi connectivity index (χ1v) is 8.13. The monoisotopic (exact) mass is 296 g/mol. The Kier molecular flexibility index (Phi) is 9.10. The number of rotatable bonds is 8. The van der Waals surface area contributed by atoms with Crippen molar-refractivity contribution in [2.24, 2.45) is 10.9 Å². The van der Waals surface area contributed by atoms with Gasteiger partial charge in [-0.1, -0.05) is 32.8 Å². The molecule has 5 nitrogen and oxygen atoms in total. The highest BCUT2D eigenvalue weighted by atomic mass is 16.5. The molecular weight excluding hydrogens is 264 g/mol. The maximum Gasteiger partial charge on any atom is 0.191 e. The van der Waals surface area contributed by atoms with E-state index in [1.54, 1.807) is 7.05 Å². The molecule has 1 aliphatic heterocycles. The van der Waals surface area contributed by atoms with E-state index in [1.165, 1.54) is 12.8 Å². The molecule has 1 aliphatic rings. The fourth-order valence-corrected chi connectivity index (χ4v) is 2.93. The molecule has 1 rings (SSSR count). The van der Waals surface area contributed by atoms with Crippen LogP contribution in [-0.2, 0) is 4.74 Å². The van der Waals surface area contributed by atoms with E-state index in [2.05, 4.69) is 41.0 Å². The lowest BCUT2D eigenvalue weighted by Gasteiger charge is -2.39. The summed E-state index contributed by atoms with van der Waals surface area (Å²) in [6.07, 6.45) is 4.25. The predicted molar refractivity (Wildman–Crippen MR) is 89.8 cm³/mol. The highest BCUT2D eigenvalue weighted by molar-refractivity contribution is 5.79. The van der Waals surface area contributed by atoms with Crippen molar-refractivity contribution in [1.29, 1.82) is 0 Å².